The molecule has 0 N–H and O–H groups in total. The van der Waals surface area contributed by atoms with Crippen molar-refractivity contribution < 1.29 is 14.3 Å². The number of ketones is 1. The van der Waals surface area contributed by atoms with Gasteiger partial charge in [-0.2, -0.15) is 0 Å². The van der Waals surface area contributed by atoms with Gasteiger partial charge in [0.05, 0.1) is 0 Å². The summed E-state index contributed by atoms with van der Waals surface area (Å²) >= 11 is 0. The van der Waals surface area contributed by atoms with Crippen LogP contribution < -0.4 is 0 Å². The second-order valence-electron chi connectivity index (χ2n) is 2.10. The van der Waals surface area contributed by atoms with E-state index in [9.17, 15) is 9.59 Å². The fourth-order valence-electron chi connectivity index (χ4n) is 0.705. The van der Waals surface area contributed by atoms with Crippen LogP contribution in [0.25, 0.3) is 0 Å². The molecule has 1 rings (SSSR count). The Labute approximate surface area is 53.0 Å². The summed E-state index contributed by atoms with van der Waals surface area (Å²) in [5.41, 5.74) is 0. The fraction of sp³-hybridized carbons (Fsp3) is 0.667. The number of esters is 1. The molecule has 0 aromatic carbocycles. The highest BCUT2D eigenvalue weighted by molar-refractivity contribution is 5.90. The molecular weight excluding hydrogens is 120 g/mol. The molecule has 9 heavy (non-hydrogen) atoms. The van der Waals surface area contributed by atoms with E-state index in [0.29, 0.717) is 12.8 Å². The Morgan fingerprint density at radius 2 is 2.44 bits per heavy atom. The lowest BCUT2D eigenvalue weighted by atomic mass is 9.94. The van der Waals surface area contributed by atoms with Gasteiger partial charge < -0.3 is 4.74 Å². The van der Waals surface area contributed by atoms with E-state index in [-0.39, 0.29) is 11.8 Å². The van der Waals surface area contributed by atoms with E-state index in [1.807, 2.05) is 0 Å². The van der Waals surface area contributed by atoms with Crippen molar-refractivity contribution in [2.75, 3.05) is 0 Å². The van der Waals surface area contributed by atoms with Gasteiger partial charge in [-0.05, 0) is 6.42 Å². The smallest absolute Gasteiger partial charge is 0.303 e. The third-order valence-corrected chi connectivity index (χ3v) is 1.32. The molecular formula is C6H8O3. The highest BCUT2D eigenvalue weighted by Gasteiger charge is 2.30. The number of rotatable bonds is 1. The topological polar surface area (TPSA) is 43.4 Å². The lowest BCUT2D eigenvalue weighted by molar-refractivity contribution is -0.159. The maximum Gasteiger partial charge on any atom is 0.303 e. The first-order chi connectivity index (χ1) is 4.20. The summed E-state index contributed by atoms with van der Waals surface area (Å²) < 4.78 is 4.61. The van der Waals surface area contributed by atoms with Crippen LogP contribution in [-0.4, -0.2) is 17.9 Å². The molecule has 1 fully saturated rings. The lowest BCUT2D eigenvalue weighted by Gasteiger charge is -2.22. The number of carbonyl (C=O) groups is 2. The van der Waals surface area contributed by atoms with Crippen LogP contribution in [0.1, 0.15) is 19.8 Å². The van der Waals surface area contributed by atoms with Gasteiger partial charge in [-0.15, -0.1) is 0 Å². The highest BCUT2D eigenvalue weighted by atomic mass is 16.5. The molecule has 50 valence electrons. The first-order valence-electron chi connectivity index (χ1n) is 2.90. The normalized spacial score (nSPS) is 25.0. The molecule has 0 spiro atoms. The Morgan fingerprint density at radius 1 is 1.78 bits per heavy atom. The quantitative estimate of drug-likeness (QED) is 0.476. The molecule has 3 heteroatoms. The van der Waals surface area contributed by atoms with Crippen molar-refractivity contribution >= 4 is 11.8 Å². The second kappa shape index (κ2) is 2.17. The monoisotopic (exact) mass is 128 g/mol. The third kappa shape index (κ3) is 1.28. The SMILES string of the molecule is CC(=O)OC1CCC1=O. The first kappa shape index (κ1) is 6.26. The van der Waals surface area contributed by atoms with Gasteiger partial charge in [0.25, 0.3) is 0 Å². The van der Waals surface area contributed by atoms with Crippen LogP contribution in [0, 0.1) is 0 Å². The lowest BCUT2D eigenvalue weighted by Crippen LogP contribution is -2.35. The maximum absolute atomic E-state index is 10.5. The standard InChI is InChI=1S/C6H8O3/c1-4(7)9-6-3-2-5(6)8/h6H,2-3H2,1H3. The molecule has 0 bridgehead atoms. The Hall–Kier alpha value is -0.860. The van der Waals surface area contributed by atoms with E-state index >= 15 is 0 Å². The van der Waals surface area contributed by atoms with Crippen molar-refractivity contribution in [1.82, 2.24) is 0 Å². The van der Waals surface area contributed by atoms with Crippen molar-refractivity contribution in [3.05, 3.63) is 0 Å². The molecule has 0 amide bonds. The average molecular weight is 128 g/mol. The van der Waals surface area contributed by atoms with Gasteiger partial charge in [0, 0.05) is 13.3 Å². The van der Waals surface area contributed by atoms with E-state index in [1.54, 1.807) is 0 Å². The number of hydrogen-bond donors (Lipinski definition) is 0. The summed E-state index contributed by atoms with van der Waals surface area (Å²) in [7, 11) is 0. The minimum Gasteiger partial charge on any atom is -0.455 e. The van der Waals surface area contributed by atoms with E-state index in [1.165, 1.54) is 6.92 Å². The van der Waals surface area contributed by atoms with Crippen LogP contribution in [-0.2, 0) is 14.3 Å². The van der Waals surface area contributed by atoms with E-state index in [4.69, 9.17) is 0 Å². The summed E-state index contributed by atoms with van der Waals surface area (Å²) in [5, 5.41) is 0. The number of carbonyl (C=O) groups excluding carboxylic acids is 2. The molecule has 1 aliphatic carbocycles. The minimum absolute atomic E-state index is 0.0465. The van der Waals surface area contributed by atoms with Gasteiger partial charge in [-0.3, -0.25) is 9.59 Å². The Bertz CT molecular complexity index is 150. The van der Waals surface area contributed by atoms with E-state index in [0.717, 1.165) is 0 Å². The van der Waals surface area contributed by atoms with Crippen LogP contribution in [0.4, 0.5) is 0 Å². The van der Waals surface area contributed by atoms with Gasteiger partial charge in [-0.1, -0.05) is 0 Å². The third-order valence-electron chi connectivity index (χ3n) is 1.32. The molecule has 0 radical (unpaired) electrons. The molecule has 0 heterocycles. The molecule has 1 aliphatic rings. The molecule has 1 unspecified atom stereocenters. The van der Waals surface area contributed by atoms with Crippen LogP contribution in [0.5, 0.6) is 0 Å². The summed E-state index contributed by atoms with van der Waals surface area (Å²) in [6, 6.07) is 0. The average Bonchev–Trinajstić information content (AvgIpc) is 1.79. The van der Waals surface area contributed by atoms with E-state index in [2.05, 4.69) is 4.74 Å². The second-order valence-corrected chi connectivity index (χ2v) is 2.10. The Kier molecular flexibility index (Phi) is 1.51. The summed E-state index contributed by atoms with van der Waals surface area (Å²) in [6.45, 7) is 1.31. The maximum atomic E-state index is 10.5. The summed E-state index contributed by atoms with van der Waals surface area (Å²) in [6.07, 6.45) is 0.860. The largest absolute Gasteiger partial charge is 0.455 e. The Morgan fingerprint density at radius 3 is 2.56 bits per heavy atom. The van der Waals surface area contributed by atoms with Gasteiger partial charge in [0.15, 0.2) is 11.9 Å². The summed E-state index contributed by atoms with van der Waals surface area (Å²) in [5.74, 6) is -0.321. The van der Waals surface area contributed by atoms with Gasteiger partial charge >= 0.3 is 5.97 Å². The van der Waals surface area contributed by atoms with Crippen molar-refractivity contribution in [2.24, 2.45) is 0 Å². The molecule has 0 aliphatic heterocycles. The predicted molar refractivity (Wildman–Crippen MR) is 29.8 cm³/mol. The summed E-state index contributed by atoms with van der Waals surface area (Å²) in [4.78, 5) is 20.7. The van der Waals surface area contributed by atoms with Gasteiger partial charge in [0.2, 0.25) is 0 Å². The molecule has 1 atom stereocenters. The molecule has 0 aromatic heterocycles. The zero-order valence-electron chi connectivity index (χ0n) is 5.22. The molecule has 0 saturated heterocycles. The van der Waals surface area contributed by atoms with Crippen molar-refractivity contribution in [3.63, 3.8) is 0 Å². The number of Topliss-reactive ketones (excluding diaryl/α,β-unsaturated/α-hetero) is 1. The van der Waals surface area contributed by atoms with Gasteiger partial charge in [-0.25, -0.2) is 0 Å². The van der Waals surface area contributed by atoms with E-state index < -0.39 is 6.10 Å². The predicted octanol–water partition coefficient (Wildman–Crippen LogP) is 0.281. The molecule has 3 nitrogen and oxygen atoms in total. The number of hydrogen-bond acceptors (Lipinski definition) is 3. The van der Waals surface area contributed by atoms with Crippen molar-refractivity contribution in [2.45, 2.75) is 25.9 Å². The van der Waals surface area contributed by atoms with Crippen LogP contribution in [0.2, 0.25) is 0 Å². The molecule has 1 saturated carbocycles. The number of ether oxygens (including phenoxy) is 1. The molecule has 0 aromatic rings. The van der Waals surface area contributed by atoms with Crippen molar-refractivity contribution in [1.29, 1.82) is 0 Å². The van der Waals surface area contributed by atoms with Crippen LogP contribution >= 0.6 is 0 Å². The minimum atomic E-state index is -0.414. The highest BCUT2D eigenvalue weighted by Crippen LogP contribution is 2.17. The Balaban J connectivity index is 2.29. The van der Waals surface area contributed by atoms with Gasteiger partial charge in [0.1, 0.15) is 0 Å². The zero-order chi connectivity index (χ0) is 6.85. The van der Waals surface area contributed by atoms with Crippen LogP contribution in [0.15, 0.2) is 0 Å². The van der Waals surface area contributed by atoms with Crippen LogP contribution in [0.3, 0.4) is 0 Å². The fourth-order valence-corrected chi connectivity index (χ4v) is 0.705. The zero-order valence-corrected chi connectivity index (χ0v) is 5.22. The van der Waals surface area contributed by atoms with Crippen molar-refractivity contribution in [3.8, 4) is 0 Å². The first-order valence-corrected chi connectivity index (χ1v) is 2.90.